The molecule has 6 nitrogen and oxygen atoms in total. The van der Waals surface area contributed by atoms with Crippen molar-refractivity contribution in [3.05, 3.63) is 23.4 Å². The molecule has 1 aromatic rings. The normalized spacial score (nSPS) is 17.4. The van der Waals surface area contributed by atoms with Gasteiger partial charge in [0.2, 0.25) is 0 Å². The Kier molecular flexibility index (Phi) is 4.92. The summed E-state index contributed by atoms with van der Waals surface area (Å²) >= 11 is 0. The molecule has 0 N–H and O–H groups in total. The molecule has 0 spiro atoms. The zero-order chi connectivity index (χ0) is 17.2. The zero-order valence-corrected chi connectivity index (χ0v) is 14.4. The maximum atomic E-state index is 12.4. The molecular formula is C17H24N2O4. The van der Waals surface area contributed by atoms with E-state index in [0.29, 0.717) is 24.0 Å². The number of fused-ring (bicyclic) bond motifs is 1. The molecule has 0 saturated carbocycles. The van der Waals surface area contributed by atoms with Crippen LogP contribution in [0.25, 0.3) is 0 Å². The summed E-state index contributed by atoms with van der Waals surface area (Å²) in [6, 6.07) is 3.74. The molecular weight excluding hydrogens is 296 g/mol. The van der Waals surface area contributed by atoms with Crippen molar-refractivity contribution in [3.63, 3.8) is 0 Å². The second kappa shape index (κ2) is 6.56. The first kappa shape index (κ1) is 17.2. The lowest BCUT2D eigenvalue weighted by molar-refractivity contribution is -0.139. The summed E-state index contributed by atoms with van der Waals surface area (Å²) in [6.45, 7) is 8.16. The molecule has 6 heteroatoms. The van der Waals surface area contributed by atoms with E-state index in [1.54, 1.807) is 4.90 Å². The highest BCUT2D eigenvalue weighted by Gasteiger charge is 2.31. The Labute approximate surface area is 136 Å². The van der Waals surface area contributed by atoms with Crippen LogP contribution < -0.4 is 4.90 Å². The number of hydrogen-bond donors (Lipinski definition) is 0. The van der Waals surface area contributed by atoms with Gasteiger partial charge in [0.1, 0.15) is 11.4 Å². The first-order valence-electron chi connectivity index (χ1n) is 7.78. The minimum absolute atomic E-state index is 0.0837. The highest BCUT2D eigenvalue weighted by molar-refractivity contribution is 5.88. The summed E-state index contributed by atoms with van der Waals surface area (Å²) < 4.78 is 10.1. The molecule has 0 aliphatic carbocycles. The Morgan fingerprint density at radius 1 is 1.35 bits per heavy atom. The highest BCUT2D eigenvalue weighted by Crippen LogP contribution is 2.34. The number of nitrogens with zero attached hydrogens (tertiary/aromatic N) is 2. The molecule has 2 heterocycles. The number of carbonyl (C=O) groups is 2. The first-order chi connectivity index (χ1) is 10.7. The molecule has 1 aromatic heterocycles. The van der Waals surface area contributed by atoms with Crippen molar-refractivity contribution < 1.29 is 19.1 Å². The lowest BCUT2D eigenvalue weighted by Crippen LogP contribution is -2.41. The lowest BCUT2D eigenvalue weighted by atomic mass is 9.94. The van der Waals surface area contributed by atoms with Crippen molar-refractivity contribution in [2.75, 3.05) is 18.6 Å². The van der Waals surface area contributed by atoms with Crippen LogP contribution in [0.4, 0.5) is 10.6 Å². The van der Waals surface area contributed by atoms with Gasteiger partial charge in [0, 0.05) is 6.54 Å². The molecule has 1 atom stereocenters. The van der Waals surface area contributed by atoms with E-state index in [1.165, 1.54) is 7.11 Å². The van der Waals surface area contributed by atoms with Crippen LogP contribution in [-0.2, 0) is 20.7 Å². The molecule has 1 amide bonds. The Morgan fingerprint density at radius 3 is 2.65 bits per heavy atom. The number of ether oxygens (including phenoxy) is 2. The van der Waals surface area contributed by atoms with E-state index >= 15 is 0 Å². The topological polar surface area (TPSA) is 68.7 Å². The van der Waals surface area contributed by atoms with Gasteiger partial charge in [-0.15, -0.1) is 0 Å². The number of amides is 1. The van der Waals surface area contributed by atoms with Gasteiger partial charge in [0.05, 0.1) is 19.2 Å². The standard InChI is InChI=1S/C17H24N2O4/c1-11-8-9-19(16(21)23-17(2,3)4)15-13(11)7-6-12(18-15)10-14(20)22-5/h6-7,11H,8-10H2,1-5H3. The van der Waals surface area contributed by atoms with Gasteiger partial charge in [0.15, 0.2) is 0 Å². The van der Waals surface area contributed by atoms with Gasteiger partial charge in [-0.25, -0.2) is 9.78 Å². The molecule has 2 rings (SSSR count). The average molecular weight is 320 g/mol. The molecule has 126 valence electrons. The van der Waals surface area contributed by atoms with Crippen LogP contribution in [0.3, 0.4) is 0 Å². The van der Waals surface area contributed by atoms with Crippen molar-refractivity contribution in [2.24, 2.45) is 0 Å². The van der Waals surface area contributed by atoms with Gasteiger partial charge in [-0.3, -0.25) is 9.69 Å². The molecule has 0 aromatic carbocycles. The van der Waals surface area contributed by atoms with Crippen molar-refractivity contribution in [1.29, 1.82) is 0 Å². The number of aromatic nitrogens is 1. The van der Waals surface area contributed by atoms with E-state index in [4.69, 9.17) is 4.74 Å². The SMILES string of the molecule is COC(=O)Cc1ccc2c(n1)N(C(=O)OC(C)(C)C)CCC2C. The van der Waals surface area contributed by atoms with Crippen molar-refractivity contribution in [2.45, 2.75) is 52.1 Å². The van der Waals surface area contributed by atoms with Crippen LogP contribution >= 0.6 is 0 Å². The second-order valence-electron chi connectivity index (χ2n) is 6.79. The Hall–Kier alpha value is -2.11. The fourth-order valence-electron chi connectivity index (χ4n) is 2.50. The number of hydrogen-bond acceptors (Lipinski definition) is 5. The zero-order valence-electron chi connectivity index (χ0n) is 14.4. The molecule has 1 unspecified atom stereocenters. The van der Waals surface area contributed by atoms with E-state index in [2.05, 4.69) is 16.6 Å². The van der Waals surface area contributed by atoms with Gasteiger partial charge in [-0.05, 0) is 44.7 Å². The minimum Gasteiger partial charge on any atom is -0.469 e. The molecule has 23 heavy (non-hydrogen) atoms. The van der Waals surface area contributed by atoms with E-state index in [1.807, 2.05) is 32.9 Å². The largest absolute Gasteiger partial charge is 0.469 e. The maximum Gasteiger partial charge on any atom is 0.416 e. The Balaban J connectivity index is 2.32. The monoisotopic (exact) mass is 320 g/mol. The Morgan fingerprint density at radius 2 is 2.04 bits per heavy atom. The predicted molar refractivity (Wildman–Crippen MR) is 86.6 cm³/mol. The van der Waals surface area contributed by atoms with Crippen LogP contribution in [0.1, 0.15) is 51.3 Å². The number of rotatable bonds is 2. The molecule has 0 saturated heterocycles. The van der Waals surface area contributed by atoms with Crippen molar-refractivity contribution in [3.8, 4) is 0 Å². The van der Waals surface area contributed by atoms with Gasteiger partial charge in [0.25, 0.3) is 0 Å². The summed E-state index contributed by atoms with van der Waals surface area (Å²) in [5, 5.41) is 0. The summed E-state index contributed by atoms with van der Waals surface area (Å²) in [5.74, 6) is 0.535. The van der Waals surface area contributed by atoms with Gasteiger partial charge < -0.3 is 9.47 Å². The first-order valence-corrected chi connectivity index (χ1v) is 7.78. The van der Waals surface area contributed by atoms with E-state index < -0.39 is 11.7 Å². The number of methoxy groups -OCH3 is 1. The summed E-state index contributed by atoms with van der Waals surface area (Å²) in [6.07, 6.45) is 0.526. The summed E-state index contributed by atoms with van der Waals surface area (Å²) in [4.78, 5) is 30.0. The van der Waals surface area contributed by atoms with E-state index in [9.17, 15) is 9.59 Å². The quantitative estimate of drug-likeness (QED) is 0.783. The van der Waals surface area contributed by atoms with Crippen molar-refractivity contribution >= 4 is 17.9 Å². The smallest absolute Gasteiger partial charge is 0.416 e. The van der Waals surface area contributed by atoms with Crippen LogP contribution in [0, 0.1) is 0 Å². The van der Waals surface area contributed by atoms with Crippen LogP contribution in [-0.4, -0.2) is 36.3 Å². The molecule has 1 aliphatic rings. The van der Waals surface area contributed by atoms with Crippen LogP contribution in [0.2, 0.25) is 0 Å². The fraction of sp³-hybridized carbons (Fsp3) is 0.588. The maximum absolute atomic E-state index is 12.4. The molecule has 0 bridgehead atoms. The second-order valence-corrected chi connectivity index (χ2v) is 6.79. The minimum atomic E-state index is -0.566. The molecule has 0 radical (unpaired) electrons. The number of esters is 1. The number of anilines is 1. The average Bonchev–Trinajstić information content (AvgIpc) is 2.45. The van der Waals surface area contributed by atoms with Crippen molar-refractivity contribution in [1.82, 2.24) is 4.98 Å². The third-order valence-corrected chi connectivity index (χ3v) is 3.70. The van der Waals surface area contributed by atoms with Crippen LogP contribution in [0.5, 0.6) is 0 Å². The lowest BCUT2D eigenvalue weighted by Gasteiger charge is -2.33. The summed E-state index contributed by atoms with van der Waals surface area (Å²) in [7, 11) is 1.34. The predicted octanol–water partition coefficient (Wildman–Crippen LogP) is 3.05. The van der Waals surface area contributed by atoms with Crippen LogP contribution in [0.15, 0.2) is 12.1 Å². The third kappa shape index (κ3) is 4.21. The van der Waals surface area contributed by atoms with E-state index in [0.717, 1.165) is 12.0 Å². The molecule has 0 fully saturated rings. The van der Waals surface area contributed by atoms with Gasteiger partial charge >= 0.3 is 12.1 Å². The molecule has 1 aliphatic heterocycles. The van der Waals surface area contributed by atoms with Gasteiger partial charge in [-0.2, -0.15) is 0 Å². The summed E-state index contributed by atoms with van der Waals surface area (Å²) in [5.41, 5.74) is 1.01. The van der Waals surface area contributed by atoms with Gasteiger partial charge in [-0.1, -0.05) is 13.0 Å². The van der Waals surface area contributed by atoms with E-state index in [-0.39, 0.29) is 12.4 Å². The highest BCUT2D eigenvalue weighted by atomic mass is 16.6. The third-order valence-electron chi connectivity index (χ3n) is 3.70. The Bertz CT molecular complexity index is 607. The number of pyridine rings is 1. The number of carbonyl (C=O) groups excluding carboxylic acids is 2. The fourth-order valence-corrected chi connectivity index (χ4v) is 2.50.